The van der Waals surface area contributed by atoms with Crippen LogP contribution in [0.3, 0.4) is 0 Å². The molecule has 2 N–H and O–H groups in total. The molecule has 0 atom stereocenters. The van der Waals surface area contributed by atoms with Crippen molar-refractivity contribution in [3.05, 3.63) is 29.3 Å². The average molecular weight is 277 g/mol. The Kier molecular flexibility index (Phi) is 4.65. The van der Waals surface area contributed by atoms with Gasteiger partial charge in [0.25, 0.3) is 5.91 Å². The number of ether oxygens (including phenoxy) is 1. The number of aryl methyl sites for hydroxylation is 2. The van der Waals surface area contributed by atoms with E-state index in [9.17, 15) is 9.90 Å². The van der Waals surface area contributed by atoms with E-state index in [0.29, 0.717) is 26.0 Å². The summed E-state index contributed by atoms with van der Waals surface area (Å²) in [6.07, 6.45) is 2.97. The second kappa shape index (κ2) is 6.27. The molecule has 0 unspecified atom stereocenters. The summed E-state index contributed by atoms with van der Waals surface area (Å²) in [6.45, 7) is 4.83. The molecule has 0 radical (unpaired) electrons. The fraction of sp³-hybridized carbons (Fsp3) is 0.562. The van der Waals surface area contributed by atoms with Gasteiger partial charge in [-0.25, -0.2) is 0 Å². The zero-order valence-electron chi connectivity index (χ0n) is 12.2. The van der Waals surface area contributed by atoms with Crippen LogP contribution in [-0.2, 0) is 4.79 Å². The van der Waals surface area contributed by atoms with E-state index in [0.717, 1.165) is 29.7 Å². The van der Waals surface area contributed by atoms with Gasteiger partial charge in [-0.05, 0) is 50.7 Å². The second-order valence-electron chi connectivity index (χ2n) is 5.56. The van der Waals surface area contributed by atoms with Crippen molar-refractivity contribution >= 4 is 5.91 Å². The van der Waals surface area contributed by atoms with Gasteiger partial charge in [-0.15, -0.1) is 0 Å². The minimum Gasteiger partial charge on any atom is -0.491 e. The first kappa shape index (κ1) is 14.9. The van der Waals surface area contributed by atoms with Gasteiger partial charge in [0.05, 0.1) is 6.54 Å². The maximum absolute atomic E-state index is 11.9. The number of amides is 1. The fourth-order valence-corrected chi connectivity index (χ4v) is 2.70. The Morgan fingerprint density at radius 3 is 2.50 bits per heavy atom. The molecule has 0 bridgehead atoms. The molecule has 1 fully saturated rings. The lowest BCUT2D eigenvalue weighted by Gasteiger charge is -2.21. The molecule has 20 heavy (non-hydrogen) atoms. The van der Waals surface area contributed by atoms with Crippen LogP contribution in [0.15, 0.2) is 18.2 Å². The van der Waals surface area contributed by atoms with E-state index in [-0.39, 0.29) is 5.91 Å². The maximum Gasteiger partial charge on any atom is 0.252 e. The van der Waals surface area contributed by atoms with Crippen LogP contribution in [0.2, 0.25) is 0 Å². The van der Waals surface area contributed by atoms with Crippen molar-refractivity contribution in [1.29, 1.82) is 0 Å². The third-order valence-electron chi connectivity index (χ3n) is 3.90. The van der Waals surface area contributed by atoms with Crippen LogP contribution in [0.25, 0.3) is 0 Å². The van der Waals surface area contributed by atoms with E-state index in [1.54, 1.807) is 0 Å². The van der Waals surface area contributed by atoms with Gasteiger partial charge in [0.15, 0.2) is 0 Å². The van der Waals surface area contributed by atoms with Crippen molar-refractivity contribution in [2.24, 2.45) is 0 Å². The van der Waals surface area contributed by atoms with Crippen molar-refractivity contribution < 1.29 is 14.6 Å². The standard InChI is InChI=1S/C16H23NO3/c1-12-6-5-7-13(2)14(12)20-11-10-17-15(18)16(19)8-3-4-9-16/h5-7,19H,3-4,8-11H2,1-2H3,(H,17,18). The molecular weight excluding hydrogens is 254 g/mol. The molecule has 1 amide bonds. The number of carbonyl (C=O) groups excluding carboxylic acids is 1. The number of nitrogens with one attached hydrogen (secondary N) is 1. The van der Waals surface area contributed by atoms with E-state index >= 15 is 0 Å². The lowest BCUT2D eigenvalue weighted by atomic mass is 10.0. The quantitative estimate of drug-likeness (QED) is 0.810. The third-order valence-corrected chi connectivity index (χ3v) is 3.90. The van der Waals surface area contributed by atoms with E-state index in [4.69, 9.17) is 4.74 Å². The van der Waals surface area contributed by atoms with E-state index in [1.165, 1.54) is 0 Å². The largest absolute Gasteiger partial charge is 0.491 e. The minimum atomic E-state index is -1.15. The van der Waals surface area contributed by atoms with E-state index < -0.39 is 5.60 Å². The molecule has 4 nitrogen and oxygen atoms in total. The SMILES string of the molecule is Cc1cccc(C)c1OCCNC(=O)C1(O)CCCC1. The Balaban J connectivity index is 1.78. The van der Waals surface area contributed by atoms with Crippen molar-refractivity contribution in [1.82, 2.24) is 5.32 Å². The highest BCUT2D eigenvalue weighted by Crippen LogP contribution is 2.29. The molecule has 1 saturated carbocycles. The smallest absolute Gasteiger partial charge is 0.252 e. The summed E-state index contributed by atoms with van der Waals surface area (Å²) in [5.41, 5.74) is 1.02. The van der Waals surface area contributed by atoms with Crippen molar-refractivity contribution in [2.45, 2.75) is 45.1 Å². The van der Waals surface area contributed by atoms with Gasteiger partial charge in [-0.1, -0.05) is 18.2 Å². The summed E-state index contributed by atoms with van der Waals surface area (Å²) in [5, 5.41) is 12.9. The molecule has 1 aliphatic rings. The number of rotatable bonds is 5. The minimum absolute atomic E-state index is 0.264. The molecule has 1 aromatic carbocycles. The zero-order chi connectivity index (χ0) is 14.6. The Hall–Kier alpha value is -1.55. The lowest BCUT2D eigenvalue weighted by Crippen LogP contribution is -2.45. The Bertz CT molecular complexity index is 458. The molecule has 1 aliphatic carbocycles. The van der Waals surface area contributed by atoms with Crippen LogP contribution >= 0.6 is 0 Å². The normalized spacial score (nSPS) is 16.9. The first-order valence-corrected chi connectivity index (χ1v) is 7.23. The molecule has 4 heteroatoms. The van der Waals surface area contributed by atoms with Gasteiger partial charge in [0.2, 0.25) is 0 Å². The van der Waals surface area contributed by atoms with Crippen LogP contribution < -0.4 is 10.1 Å². The molecule has 0 spiro atoms. The van der Waals surface area contributed by atoms with Crippen LogP contribution in [0.4, 0.5) is 0 Å². The van der Waals surface area contributed by atoms with Crippen LogP contribution in [0.5, 0.6) is 5.75 Å². The summed E-state index contributed by atoms with van der Waals surface area (Å²) < 4.78 is 5.72. The highest BCUT2D eigenvalue weighted by Gasteiger charge is 2.38. The first-order valence-electron chi connectivity index (χ1n) is 7.23. The molecule has 0 aromatic heterocycles. The zero-order valence-corrected chi connectivity index (χ0v) is 12.2. The predicted molar refractivity (Wildman–Crippen MR) is 77.8 cm³/mol. The molecular formula is C16H23NO3. The summed E-state index contributed by atoms with van der Waals surface area (Å²) in [6, 6.07) is 6.00. The summed E-state index contributed by atoms with van der Waals surface area (Å²) in [5.74, 6) is 0.612. The molecule has 110 valence electrons. The summed E-state index contributed by atoms with van der Waals surface area (Å²) in [4.78, 5) is 11.9. The lowest BCUT2D eigenvalue weighted by molar-refractivity contribution is -0.139. The number of para-hydroxylation sites is 1. The molecule has 0 aliphatic heterocycles. The highest BCUT2D eigenvalue weighted by molar-refractivity contribution is 5.85. The highest BCUT2D eigenvalue weighted by atomic mass is 16.5. The number of carbonyl (C=O) groups is 1. The second-order valence-corrected chi connectivity index (χ2v) is 5.56. The topological polar surface area (TPSA) is 58.6 Å². The molecule has 1 aromatic rings. The first-order chi connectivity index (χ1) is 9.53. The van der Waals surface area contributed by atoms with Crippen LogP contribution in [0.1, 0.15) is 36.8 Å². The van der Waals surface area contributed by atoms with Gasteiger partial charge < -0.3 is 15.2 Å². The fourth-order valence-electron chi connectivity index (χ4n) is 2.70. The molecule has 0 heterocycles. The number of hydrogen-bond donors (Lipinski definition) is 2. The predicted octanol–water partition coefficient (Wildman–Crippen LogP) is 2.10. The van der Waals surface area contributed by atoms with Gasteiger partial charge in [0.1, 0.15) is 18.0 Å². The van der Waals surface area contributed by atoms with Gasteiger partial charge in [-0.2, -0.15) is 0 Å². The molecule has 0 saturated heterocycles. The van der Waals surface area contributed by atoms with E-state index in [2.05, 4.69) is 5.32 Å². The van der Waals surface area contributed by atoms with Crippen molar-refractivity contribution in [3.8, 4) is 5.75 Å². The van der Waals surface area contributed by atoms with Crippen molar-refractivity contribution in [3.63, 3.8) is 0 Å². The average Bonchev–Trinajstić information content (AvgIpc) is 2.85. The summed E-state index contributed by atoms with van der Waals surface area (Å²) >= 11 is 0. The van der Waals surface area contributed by atoms with Crippen molar-refractivity contribution in [2.75, 3.05) is 13.2 Å². The van der Waals surface area contributed by atoms with Crippen LogP contribution in [-0.4, -0.2) is 29.8 Å². The number of aliphatic hydroxyl groups is 1. The maximum atomic E-state index is 11.9. The Morgan fingerprint density at radius 2 is 1.90 bits per heavy atom. The van der Waals surface area contributed by atoms with Gasteiger partial charge >= 0.3 is 0 Å². The van der Waals surface area contributed by atoms with Crippen LogP contribution in [0, 0.1) is 13.8 Å². The monoisotopic (exact) mass is 277 g/mol. The summed E-state index contributed by atoms with van der Waals surface area (Å²) in [7, 11) is 0. The van der Waals surface area contributed by atoms with E-state index in [1.807, 2.05) is 32.0 Å². The van der Waals surface area contributed by atoms with Gasteiger partial charge in [-0.3, -0.25) is 4.79 Å². The Labute approximate surface area is 120 Å². The Morgan fingerprint density at radius 1 is 1.30 bits per heavy atom. The number of benzene rings is 1. The van der Waals surface area contributed by atoms with Gasteiger partial charge in [0, 0.05) is 0 Å². The number of hydrogen-bond acceptors (Lipinski definition) is 3. The molecule has 2 rings (SSSR count). The third kappa shape index (κ3) is 3.31.